The lowest BCUT2D eigenvalue weighted by Gasteiger charge is -2.12. The number of nitrogens with zero attached hydrogens (tertiary/aromatic N) is 1. The summed E-state index contributed by atoms with van der Waals surface area (Å²) >= 11 is 3.32. The number of rotatable bonds is 4. The molecule has 2 nitrogen and oxygen atoms in total. The van der Waals surface area contributed by atoms with Crippen molar-refractivity contribution in [3.05, 3.63) is 22.8 Å². The maximum Gasteiger partial charge on any atom is 0.213 e. The van der Waals surface area contributed by atoms with Gasteiger partial charge in [-0.05, 0) is 35.3 Å². The Hall–Kier alpha value is -0.570. The van der Waals surface area contributed by atoms with Gasteiger partial charge < -0.3 is 4.74 Å². The van der Waals surface area contributed by atoms with Gasteiger partial charge in [0, 0.05) is 16.7 Å². The van der Waals surface area contributed by atoms with Gasteiger partial charge in [0.2, 0.25) is 5.88 Å². The van der Waals surface area contributed by atoms with Crippen LogP contribution in [0.15, 0.2) is 22.8 Å². The molecule has 1 heterocycles. The van der Waals surface area contributed by atoms with Gasteiger partial charge in [-0.25, -0.2) is 4.98 Å². The number of ether oxygens (including phenoxy) is 1. The van der Waals surface area contributed by atoms with Gasteiger partial charge in [0.05, 0.1) is 6.10 Å². The van der Waals surface area contributed by atoms with Gasteiger partial charge in [0.25, 0.3) is 0 Å². The summed E-state index contributed by atoms with van der Waals surface area (Å²) in [7, 11) is 0. The first-order chi connectivity index (χ1) is 6.22. The maximum atomic E-state index is 5.58. The zero-order valence-electron chi connectivity index (χ0n) is 7.96. The SMILES string of the molecule is CCC[C@@H](C)Oc1ccc(Br)cn1. The molecule has 0 aliphatic carbocycles. The molecule has 0 saturated carbocycles. The average molecular weight is 244 g/mol. The average Bonchev–Trinajstić information content (AvgIpc) is 2.09. The van der Waals surface area contributed by atoms with Crippen molar-refractivity contribution in [1.29, 1.82) is 0 Å². The molecule has 0 radical (unpaired) electrons. The highest BCUT2D eigenvalue weighted by atomic mass is 79.9. The van der Waals surface area contributed by atoms with Crippen molar-refractivity contribution in [2.45, 2.75) is 32.8 Å². The molecule has 1 aromatic rings. The lowest BCUT2D eigenvalue weighted by Crippen LogP contribution is -2.11. The quantitative estimate of drug-likeness (QED) is 0.809. The summed E-state index contributed by atoms with van der Waals surface area (Å²) in [6.07, 6.45) is 4.20. The van der Waals surface area contributed by atoms with Crippen LogP contribution < -0.4 is 4.74 Å². The molecule has 0 amide bonds. The molecule has 0 aromatic carbocycles. The largest absolute Gasteiger partial charge is 0.475 e. The van der Waals surface area contributed by atoms with Crippen LogP contribution >= 0.6 is 15.9 Å². The van der Waals surface area contributed by atoms with Crippen LogP contribution in [-0.4, -0.2) is 11.1 Å². The van der Waals surface area contributed by atoms with Crippen molar-refractivity contribution in [2.75, 3.05) is 0 Å². The van der Waals surface area contributed by atoms with Crippen LogP contribution in [-0.2, 0) is 0 Å². The number of pyridine rings is 1. The second kappa shape index (κ2) is 5.22. The molecule has 0 saturated heterocycles. The summed E-state index contributed by atoms with van der Waals surface area (Å²) in [4.78, 5) is 4.13. The molecule has 72 valence electrons. The van der Waals surface area contributed by atoms with Crippen molar-refractivity contribution >= 4 is 15.9 Å². The van der Waals surface area contributed by atoms with Gasteiger partial charge in [0.1, 0.15) is 0 Å². The first kappa shape index (κ1) is 10.5. The molecule has 13 heavy (non-hydrogen) atoms. The first-order valence-electron chi connectivity index (χ1n) is 4.50. The van der Waals surface area contributed by atoms with Crippen molar-refractivity contribution in [3.63, 3.8) is 0 Å². The highest BCUT2D eigenvalue weighted by Gasteiger charge is 2.02. The van der Waals surface area contributed by atoms with E-state index in [4.69, 9.17) is 4.74 Å². The van der Waals surface area contributed by atoms with Gasteiger partial charge in [-0.2, -0.15) is 0 Å². The summed E-state index contributed by atoms with van der Waals surface area (Å²) in [5.41, 5.74) is 0. The van der Waals surface area contributed by atoms with E-state index >= 15 is 0 Å². The van der Waals surface area contributed by atoms with E-state index in [1.807, 2.05) is 12.1 Å². The van der Waals surface area contributed by atoms with Crippen molar-refractivity contribution in [3.8, 4) is 5.88 Å². The number of hydrogen-bond acceptors (Lipinski definition) is 2. The van der Waals surface area contributed by atoms with Crippen LogP contribution in [0.4, 0.5) is 0 Å². The van der Waals surface area contributed by atoms with Crippen LogP contribution in [0.5, 0.6) is 5.88 Å². The molecule has 3 heteroatoms. The predicted octanol–water partition coefficient (Wildman–Crippen LogP) is 3.41. The molecule has 0 unspecified atom stereocenters. The highest BCUT2D eigenvalue weighted by Crippen LogP contribution is 2.14. The minimum atomic E-state index is 0.249. The van der Waals surface area contributed by atoms with E-state index in [1.54, 1.807) is 6.20 Å². The van der Waals surface area contributed by atoms with Crippen LogP contribution in [0, 0.1) is 0 Å². The minimum Gasteiger partial charge on any atom is -0.475 e. The molecule has 1 atom stereocenters. The molecular formula is C10H14BrNO. The van der Waals surface area contributed by atoms with Gasteiger partial charge in [-0.1, -0.05) is 13.3 Å². The normalized spacial score (nSPS) is 12.5. The summed E-state index contributed by atoms with van der Waals surface area (Å²) < 4.78 is 6.55. The Morgan fingerprint density at radius 1 is 1.54 bits per heavy atom. The minimum absolute atomic E-state index is 0.249. The van der Waals surface area contributed by atoms with E-state index in [1.165, 1.54) is 0 Å². The van der Waals surface area contributed by atoms with Crippen molar-refractivity contribution < 1.29 is 4.74 Å². The molecule has 0 bridgehead atoms. The summed E-state index contributed by atoms with van der Waals surface area (Å²) in [5.74, 6) is 0.698. The third-order valence-corrected chi connectivity index (χ3v) is 2.19. The fourth-order valence-electron chi connectivity index (χ4n) is 1.10. The van der Waals surface area contributed by atoms with Gasteiger partial charge in [0.15, 0.2) is 0 Å². The van der Waals surface area contributed by atoms with Gasteiger partial charge in [-0.3, -0.25) is 0 Å². The second-order valence-electron chi connectivity index (χ2n) is 3.03. The van der Waals surface area contributed by atoms with E-state index in [9.17, 15) is 0 Å². The van der Waals surface area contributed by atoms with Crippen molar-refractivity contribution in [2.24, 2.45) is 0 Å². The Balaban J connectivity index is 2.49. The molecule has 0 fully saturated rings. The van der Waals surface area contributed by atoms with Crippen molar-refractivity contribution in [1.82, 2.24) is 4.98 Å². The smallest absolute Gasteiger partial charge is 0.213 e. The Morgan fingerprint density at radius 3 is 2.85 bits per heavy atom. The van der Waals surface area contributed by atoms with E-state index in [0.29, 0.717) is 5.88 Å². The summed E-state index contributed by atoms with van der Waals surface area (Å²) in [6, 6.07) is 3.80. The van der Waals surface area contributed by atoms with E-state index in [2.05, 4.69) is 34.8 Å². The molecule has 1 aromatic heterocycles. The highest BCUT2D eigenvalue weighted by molar-refractivity contribution is 9.10. The predicted molar refractivity (Wildman–Crippen MR) is 56.9 cm³/mol. The van der Waals surface area contributed by atoms with Gasteiger partial charge >= 0.3 is 0 Å². The molecular weight excluding hydrogens is 230 g/mol. The zero-order valence-corrected chi connectivity index (χ0v) is 9.54. The number of hydrogen-bond donors (Lipinski definition) is 0. The Morgan fingerprint density at radius 2 is 2.31 bits per heavy atom. The Labute approximate surface area is 87.5 Å². The third-order valence-electron chi connectivity index (χ3n) is 1.72. The van der Waals surface area contributed by atoms with E-state index in [-0.39, 0.29) is 6.10 Å². The summed E-state index contributed by atoms with van der Waals surface area (Å²) in [5, 5.41) is 0. The Kier molecular flexibility index (Phi) is 4.22. The lowest BCUT2D eigenvalue weighted by atomic mass is 10.2. The molecule has 0 aliphatic rings. The third kappa shape index (κ3) is 3.77. The van der Waals surface area contributed by atoms with E-state index < -0.39 is 0 Å². The molecule has 0 spiro atoms. The second-order valence-corrected chi connectivity index (χ2v) is 3.95. The fraction of sp³-hybridized carbons (Fsp3) is 0.500. The molecule has 0 N–H and O–H groups in total. The van der Waals surface area contributed by atoms with Crippen LogP contribution in [0.25, 0.3) is 0 Å². The molecule has 1 rings (SSSR count). The van der Waals surface area contributed by atoms with Crippen LogP contribution in [0.1, 0.15) is 26.7 Å². The number of aromatic nitrogens is 1. The van der Waals surface area contributed by atoms with E-state index in [0.717, 1.165) is 17.3 Å². The monoisotopic (exact) mass is 243 g/mol. The standard InChI is InChI=1S/C10H14BrNO/c1-3-4-8(2)13-10-6-5-9(11)7-12-10/h5-8H,3-4H2,1-2H3/t8-/m1/s1. The Bertz CT molecular complexity index is 248. The molecule has 0 aliphatic heterocycles. The maximum absolute atomic E-state index is 5.58. The first-order valence-corrected chi connectivity index (χ1v) is 5.30. The summed E-state index contributed by atoms with van der Waals surface area (Å²) in [6.45, 7) is 4.21. The lowest BCUT2D eigenvalue weighted by molar-refractivity contribution is 0.201. The fourth-order valence-corrected chi connectivity index (χ4v) is 1.34. The topological polar surface area (TPSA) is 22.1 Å². The zero-order chi connectivity index (χ0) is 9.68. The van der Waals surface area contributed by atoms with Crippen LogP contribution in [0.2, 0.25) is 0 Å². The van der Waals surface area contributed by atoms with Gasteiger partial charge in [-0.15, -0.1) is 0 Å². The number of halogens is 1. The van der Waals surface area contributed by atoms with Crippen LogP contribution in [0.3, 0.4) is 0 Å².